The monoisotopic (exact) mass is 218 g/mol. The lowest BCUT2D eigenvalue weighted by Crippen LogP contribution is -2.11. The molecule has 1 unspecified atom stereocenters. The van der Waals surface area contributed by atoms with Crippen LogP contribution in [0.3, 0.4) is 0 Å². The number of ether oxygens (including phenoxy) is 1. The summed E-state index contributed by atoms with van der Waals surface area (Å²) in [6.45, 7) is -0.0166. The maximum Gasteiger partial charge on any atom is 0.435 e. The molecule has 5 nitrogen and oxygen atoms in total. The first-order chi connectivity index (χ1) is 5.90. The van der Waals surface area contributed by atoms with Crippen LogP contribution in [0.15, 0.2) is 0 Å². The van der Waals surface area contributed by atoms with E-state index >= 15 is 0 Å². The van der Waals surface area contributed by atoms with Crippen LogP contribution in [0, 0.1) is 0 Å². The van der Waals surface area contributed by atoms with Crippen LogP contribution >= 0.6 is 7.60 Å². The minimum absolute atomic E-state index is 0.183. The van der Waals surface area contributed by atoms with Crippen molar-refractivity contribution in [3.8, 4) is 0 Å². The molecule has 0 fully saturated rings. The molecule has 0 aliphatic heterocycles. The topological polar surface area (TPSA) is 72.8 Å². The van der Waals surface area contributed by atoms with Crippen LogP contribution in [0.4, 0.5) is 13.6 Å². The van der Waals surface area contributed by atoms with Crippen molar-refractivity contribution in [1.82, 2.24) is 0 Å². The first kappa shape index (κ1) is 12.5. The van der Waals surface area contributed by atoms with Crippen LogP contribution in [-0.2, 0) is 13.8 Å². The van der Waals surface area contributed by atoms with Gasteiger partial charge in [0.05, 0.1) is 6.61 Å². The van der Waals surface area contributed by atoms with E-state index in [0.29, 0.717) is 0 Å². The van der Waals surface area contributed by atoms with Gasteiger partial charge in [0.25, 0.3) is 6.43 Å². The Kier molecular flexibility index (Phi) is 5.05. The number of halogens is 2. The molecule has 78 valence electrons. The van der Waals surface area contributed by atoms with Gasteiger partial charge in [-0.25, -0.2) is 18.1 Å². The van der Waals surface area contributed by atoms with E-state index in [1.807, 2.05) is 0 Å². The van der Waals surface area contributed by atoms with Gasteiger partial charge in [-0.3, -0.25) is 0 Å². The van der Waals surface area contributed by atoms with Gasteiger partial charge in [-0.2, -0.15) is 0 Å². The number of alkyl halides is 2. The molecule has 1 N–H and O–H groups in total. The molecule has 0 aliphatic rings. The van der Waals surface area contributed by atoms with Gasteiger partial charge in [-0.05, 0) is 6.92 Å². The van der Waals surface area contributed by atoms with Crippen LogP contribution < -0.4 is 0 Å². The molecule has 1 atom stereocenters. The normalized spacial score (nSPS) is 15.5. The van der Waals surface area contributed by atoms with Crippen LogP contribution in [0.2, 0.25) is 0 Å². The summed E-state index contributed by atoms with van der Waals surface area (Å²) >= 11 is 0. The van der Waals surface area contributed by atoms with E-state index in [9.17, 15) is 18.1 Å². The Hall–Kier alpha value is -0.520. The molecular weight excluding hydrogens is 209 g/mol. The minimum Gasteiger partial charge on any atom is -0.451 e. The molecule has 0 aromatic rings. The van der Waals surface area contributed by atoms with Crippen molar-refractivity contribution in [1.29, 1.82) is 0 Å². The fourth-order valence-electron chi connectivity index (χ4n) is 0.444. The zero-order valence-electron chi connectivity index (χ0n) is 6.77. The average Bonchev–Trinajstić information content (AvgIpc) is 1.99. The van der Waals surface area contributed by atoms with E-state index in [1.165, 1.54) is 6.92 Å². The van der Waals surface area contributed by atoms with Gasteiger partial charge in [0, 0.05) is 0 Å². The summed E-state index contributed by atoms with van der Waals surface area (Å²) in [6, 6.07) is 0. The lowest BCUT2D eigenvalue weighted by Gasteiger charge is -2.09. The minimum atomic E-state index is -4.53. The van der Waals surface area contributed by atoms with E-state index in [4.69, 9.17) is 4.89 Å². The summed E-state index contributed by atoms with van der Waals surface area (Å²) in [6.07, 6.45) is -2.87. The largest absolute Gasteiger partial charge is 0.451 e. The van der Waals surface area contributed by atoms with E-state index in [0.717, 1.165) is 0 Å². The molecule has 0 aliphatic carbocycles. The van der Waals surface area contributed by atoms with Gasteiger partial charge in [0.2, 0.25) is 0 Å². The Morgan fingerprint density at radius 2 is 2.15 bits per heavy atom. The van der Waals surface area contributed by atoms with Gasteiger partial charge < -0.3 is 14.2 Å². The van der Waals surface area contributed by atoms with Gasteiger partial charge in [-0.15, -0.1) is 0 Å². The Balaban J connectivity index is 4.02. The molecule has 0 radical (unpaired) electrons. The summed E-state index contributed by atoms with van der Waals surface area (Å²) in [7, 11) is -4.53. The van der Waals surface area contributed by atoms with Crippen molar-refractivity contribution >= 4 is 13.3 Å². The standard InChI is InChI=1S/C5H9F2O5P/c1-2-12-13(9,10)5(8)11-3-4(6)7/h4H,2-3H2,1H3,(H,9,10). The number of hydrogen-bond donors (Lipinski definition) is 1. The van der Waals surface area contributed by atoms with Gasteiger partial charge in [0.15, 0.2) is 6.61 Å². The SMILES string of the molecule is CCOP(=O)(O)C(=O)OCC(F)F. The van der Waals surface area contributed by atoms with Gasteiger partial charge in [-0.1, -0.05) is 0 Å². The van der Waals surface area contributed by atoms with Crippen LogP contribution in [0.5, 0.6) is 0 Å². The van der Waals surface area contributed by atoms with Crippen molar-refractivity contribution in [2.75, 3.05) is 13.2 Å². The second kappa shape index (κ2) is 5.26. The lowest BCUT2D eigenvalue weighted by molar-refractivity contribution is 0.0560. The molecule has 0 bridgehead atoms. The van der Waals surface area contributed by atoms with E-state index in [2.05, 4.69) is 9.26 Å². The number of carbonyl (C=O) groups is 1. The molecule has 13 heavy (non-hydrogen) atoms. The van der Waals surface area contributed by atoms with Crippen LogP contribution in [0.1, 0.15) is 6.92 Å². The van der Waals surface area contributed by atoms with E-state index < -0.39 is 26.3 Å². The van der Waals surface area contributed by atoms with Crippen molar-refractivity contribution in [2.45, 2.75) is 13.3 Å². The molecule has 0 aromatic carbocycles. The third-order valence-electron chi connectivity index (χ3n) is 0.868. The molecular formula is C5H9F2O5P. The summed E-state index contributed by atoms with van der Waals surface area (Å²) in [5.74, 6) is 0. The Bertz CT molecular complexity index is 219. The molecule has 0 saturated heterocycles. The van der Waals surface area contributed by atoms with Crippen LogP contribution in [-0.4, -0.2) is 30.2 Å². The predicted octanol–water partition coefficient (Wildman–Crippen LogP) is 1.61. The van der Waals surface area contributed by atoms with E-state index in [1.54, 1.807) is 0 Å². The second-order valence-corrected chi connectivity index (χ2v) is 3.57. The number of hydrogen-bond acceptors (Lipinski definition) is 4. The van der Waals surface area contributed by atoms with Crippen molar-refractivity contribution < 1.29 is 32.3 Å². The highest BCUT2D eigenvalue weighted by Gasteiger charge is 2.32. The Labute approximate surface area is 73.2 Å². The molecule has 8 heteroatoms. The van der Waals surface area contributed by atoms with Crippen molar-refractivity contribution in [2.24, 2.45) is 0 Å². The Morgan fingerprint density at radius 3 is 2.54 bits per heavy atom. The average molecular weight is 218 g/mol. The Morgan fingerprint density at radius 1 is 1.62 bits per heavy atom. The molecule has 0 heterocycles. The first-order valence-electron chi connectivity index (χ1n) is 3.33. The number of carbonyl (C=O) groups excluding carboxylic acids is 1. The highest BCUT2D eigenvalue weighted by molar-refractivity contribution is 7.70. The molecule has 0 saturated carbocycles. The maximum atomic E-state index is 11.5. The highest BCUT2D eigenvalue weighted by atomic mass is 31.2. The summed E-state index contributed by atoms with van der Waals surface area (Å²) < 4.78 is 41.6. The third-order valence-corrected chi connectivity index (χ3v) is 2.07. The highest BCUT2D eigenvalue weighted by Crippen LogP contribution is 2.43. The zero-order valence-corrected chi connectivity index (χ0v) is 7.67. The zero-order chi connectivity index (χ0) is 10.5. The van der Waals surface area contributed by atoms with E-state index in [-0.39, 0.29) is 6.61 Å². The third kappa shape index (κ3) is 4.92. The van der Waals surface area contributed by atoms with Crippen molar-refractivity contribution in [3.63, 3.8) is 0 Å². The first-order valence-corrected chi connectivity index (χ1v) is 4.90. The number of rotatable bonds is 5. The summed E-state index contributed by atoms with van der Waals surface area (Å²) in [5.41, 5.74) is -1.66. The molecule has 0 spiro atoms. The lowest BCUT2D eigenvalue weighted by atomic mass is 10.8. The molecule has 0 aromatic heterocycles. The van der Waals surface area contributed by atoms with Gasteiger partial charge in [0.1, 0.15) is 0 Å². The quantitative estimate of drug-likeness (QED) is 0.709. The fraction of sp³-hybridized carbons (Fsp3) is 0.800. The summed E-state index contributed by atoms with van der Waals surface area (Å²) in [4.78, 5) is 19.3. The second-order valence-electron chi connectivity index (χ2n) is 1.91. The van der Waals surface area contributed by atoms with Crippen LogP contribution in [0.25, 0.3) is 0 Å². The maximum absolute atomic E-state index is 11.5. The molecule has 0 rings (SSSR count). The van der Waals surface area contributed by atoms with Gasteiger partial charge >= 0.3 is 13.3 Å². The predicted molar refractivity (Wildman–Crippen MR) is 38.8 cm³/mol. The molecule has 0 amide bonds. The smallest absolute Gasteiger partial charge is 0.435 e. The fourth-order valence-corrected chi connectivity index (χ4v) is 1.14. The summed E-state index contributed by atoms with van der Waals surface area (Å²) in [5, 5.41) is 0. The van der Waals surface area contributed by atoms with Crippen molar-refractivity contribution in [3.05, 3.63) is 0 Å².